The summed E-state index contributed by atoms with van der Waals surface area (Å²) in [7, 11) is 0. The Morgan fingerprint density at radius 1 is 1.38 bits per heavy atom. The van der Waals surface area contributed by atoms with E-state index in [-0.39, 0.29) is 23.8 Å². The zero-order valence-electron chi connectivity index (χ0n) is 13.9. The van der Waals surface area contributed by atoms with E-state index in [0.717, 1.165) is 0 Å². The fourth-order valence-electron chi connectivity index (χ4n) is 2.66. The van der Waals surface area contributed by atoms with Crippen molar-refractivity contribution in [2.24, 2.45) is 0 Å². The number of hydrogen-bond acceptors (Lipinski definition) is 3. The van der Waals surface area contributed by atoms with Crippen LogP contribution in [0.15, 0.2) is 42.6 Å². The highest BCUT2D eigenvalue weighted by atomic mass is 35.5. The summed E-state index contributed by atoms with van der Waals surface area (Å²) in [4.78, 5) is 15.8. The van der Waals surface area contributed by atoms with Crippen molar-refractivity contribution in [3.05, 3.63) is 70.4 Å². The van der Waals surface area contributed by atoms with Crippen LogP contribution in [0.25, 0.3) is 15.7 Å². The Kier molecular flexibility index (Phi) is 4.77. The third kappa shape index (κ3) is 3.74. The minimum atomic E-state index is -1.66. The van der Waals surface area contributed by atoms with Crippen molar-refractivity contribution < 1.29 is 14.3 Å². The van der Waals surface area contributed by atoms with Crippen molar-refractivity contribution >= 4 is 34.0 Å². The van der Waals surface area contributed by atoms with Gasteiger partial charge in [-0.1, -0.05) is 29.8 Å². The van der Waals surface area contributed by atoms with E-state index < -0.39 is 11.4 Å². The summed E-state index contributed by atoms with van der Waals surface area (Å²) >= 11 is 5.98. The number of benzene rings is 2. The molecule has 0 spiro atoms. The zero-order valence-corrected chi connectivity index (χ0v) is 14.7. The standard InChI is InChI=1S/C19H15ClFN3O2/c1-19(26,11-24-10-13-9-14(21)4-6-16(13)23-24)18(25)8-12-3-5-17(22-2)15(20)7-12/h3-7,9-10,26H,8,11H2,1H3/t19-/m0/s1. The molecule has 0 bridgehead atoms. The number of carbonyl (C=O) groups is 1. The van der Waals surface area contributed by atoms with E-state index in [9.17, 15) is 14.3 Å². The van der Waals surface area contributed by atoms with E-state index in [0.29, 0.717) is 22.2 Å². The first-order chi connectivity index (χ1) is 12.3. The second-order valence-corrected chi connectivity index (χ2v) is 6.71. The minimum Gasteiger partial charge on any atom is -0.380 e. The highest BCUT2D eigenvalue weighted by Crippen LogP contribution is 2.26. The summed E-state index contributed by atoms with van der Waals surface area (Å²) < 4.78 is 14.7. The molecule has 0 saturated heterocycles. The molecule has 1 N–H and O–H groups in total. The number of carbonyl (C=O) groups excluding carboxylic acids is 1. The molecule has 26 heavy (non-hydrogen) atoms. The predicted octanol–water partition coefficient (Wildman–Crippen LogP) is 3.94. The fraction of sp³-hybridized carbons (Fsp3) is 0.211. The van der Waals surface area contributed by atoms with Gasteiger partial charge in [0.15, 0.2) is 5.78 Å². The van der Waals surface area contributed by atoms with E-state index in [4.69, 9.17) is 18.2 Å². The first-order valence-corrected chi connectivity index (χ1v) is 8.20. The molecule has 0 aliphatic heterocycles. The number of hydrogen-bond donors (Lipinski definition) is 1. The number of ketones is 1. The first kappa shape index (κ1) is 18.1. The van der Waals surface area contributed by atoms with Crippen LogP contribution in [0.2, 0.25) is 5.02 Å². The third-order valence-electron chi connectivity index (χ3n) is 4.08. The maximum Gasteiger partial charge on any atom is 0.205 e. The molecule has 0 aliphatic rings. The monoisotopic (exact) mass is 371 g/mol. The molecular formula is C19H15ClFN3O2. The highest BCUT2D eigenvalue weighted by Gasteiger charge is 2.31. The second-order valence-electron chi connectivity index (χ2n) is 6.30. The van der Waals surface area contributed by atoms with Gasteiger partial charge in [0.1, 0.15) is 11.4 Å². The summed E-state index contributed by atoms with van der Waals surface area (Å²) in [6.45, 7) is 8.34. The number of rotatable bonds is 5. The molecule has 1 aromatic heterocycles. The van der Waals surface area contributed by atoms with Gasteiger partial charge in [0.05, 0.1) is 18.6 Å². The van der Waals surface area contributed by atoms with Crippen LogP contribution in [0.1, 0.15) is 12.5 Å². The molecule has 2 aromatic carbocycles. The molecule has 3 aromatic rings. The lowest BCUT2D eigenvalue weighted by Gasteiger charge is -2.21. The van der Waals surface area contributed by atoms with E-state index in [1.807, 2.05) is 0 Å². The van der Waals surface area contributed by atoms with Crippen molar-refractivity contribution in [1.82, 2.24) is 9.78 Å². The van der Waals surface area contributed by atoms with E-state index in [2.05, 4.69) is 9.94 Å². The number of halogens is 2. The van der Waals surface area contributed by atoms with Crippen molar-refractivity contribution in [2.45, 2.75) is 25.5 Å². The van der Waals surface area contributed by atoms with Crippen LogP contribution in [-0.2, 0) is 17.8 Å². The smallest absolute Gasteiger partial charge is 0.205 e. The van der Waals surface area contributed by atoms with Crippen LogP contribution < -0.4 is 0 Å². The van der Waals surface area contributed by atoms with Crippen molar-refractivity contribution in [3.8, 4) is 0 Å². The topological polar surface area (TPSA) is 59.5 Å². The summed E-state index contributed by atoms with van der Waals surface area (Å²) in [5, 5.41) is 15.7. The molecule has 0 radical (unpaired) electrons. The second kappa shape index (κ2) is 6.87. The Balaban J connectivity index is 1.76. The van der Waals surface area contributed by atoms with Crippen LogP contribution in [0.4, 0.5) is 10.1 Å². The normalized spacial score (nSPS) is 13.3. The van der Waals surface area contributed by atoms with Crippen molar-refractivity contribution in [3.63, 3.8) is 0 Å². The van der Waals surface area contributed by atoms with Gasteiger partial charge >= 0.3 is 0 Å². The third-order valence-corrected chi connectivity index (χ3v) is 4.38. The van der Waals surface area contributed by atoms with Gasteiger partial charge in [0.2, 0.25) is 5.69 Å². The van der Waals surface area contributed by atoms with E-state index >= 15 is 0 Å². The lowest BCUT2D eigenvalue weighted by atomic mass is 9.95. The minimum absolute atomic E-state index is 0.0274. The summed E-state index contributed by atoms with van der Waals surface area (Å²) in [5.74, 6) is -0.783. The van der Waals surface area contributed by atoms with Gasteiger partial charge in [-0.3, -0.25) is 9.48 Å². The maximum absolute atomic E-state index is 13.3. The Morgan fingerprint density at radius 2 is 2.15 bits per heavy atom. The molecule has 5 nitrogen and oxygen atoms in total. The molecule has 0 aliphatic carbocycles. The number of aromatic nitrogens is 2. The predicted molar refractivity (Wildman–Crippen MR) is 96.7 cm³/mol. The molecule has 0 saturated carbocycles. The van der Waals surface area contributed by atoms with Crippen molar-refractivity contribution in [2.75, 3.05) is 0 Å². The molecule has 0 amide bonds. The molecule has 7 heteroatoms. The van der Waals surface area contributed by atoms with E-state index in [1.54, 1.807) is 30.5 Å². The van der Waals surface area contributed by atoms with Crippen LogP contribution in [0.3, 0.4) is 0 Å². The maximum atomic E-state index is 13.3. The van der Waals surface area contributed by atoms with Crippen LogP contribution >= 0.6 is 11.6 Å². The summed E-state index contributed by atoms with van der Waals surface area (Å²) in [6, 6.07) is 8.92. The molecule has 1 heterocycles. The van der Waals surface area contributed by atoms with Gasteiger partial charge < -0.3 is 5.11 Å². The summed E-state index contributed by atoms with van der Waals surface area (Å²) in [6.07, 6.45) is 1.56. The fourth-order valence-corrected chi connectivity index (χ4v) is 2.90. The van der Waals surface area contributed by atoms with Gasteiger partial charge in [-0.25, -0.2) is 9.24 Å². The molecule has 3 rings (SSSR count). The van der Waals surface area contributed by atoms with Crippen LogP contribution in [-0.4, -0.2) is 26.3 Å². The molecule has 1 atom stereocenters. The van der Waals surface area contributed by atoms with E-state index in [1.165, 1.54) is 23.7 Å². The van der Waals surface area contributed by atoms with Gasteiger partial charge in [-0.2, -0.15) is 5.10 Å². The van der Waals surface area contributed by atoms with Gasteiger partial charge in [-0.15, -0.1) is 0 Å². The first-order valence-electron chi connectivity index (χ1n) is 7.83. The van der Waals surface area contributed by atoms with Gasteiger partial charge in [0, 0.05) is 23.0 Å². The molecule has 132 valence electrons. The molecule has 0 fully saturated rings. The summed E-state index contributed by atoms with van der Waals surface area (Å²) in [5.41, 5.74) is -0.160. The number of nitrogens with zero attached hydrogens (tertiary/aromatic N) is 3. The van der Waals surface area contributed by atoms with Crippen molar-refractivity contribution in [1.29, 1.82) is 0 Å². The van der Waals surface area contributed by atoms with Crippen LogP contribution in [0, 0.1) is 12.4 Å². The average Bonchev–Trinajstić information content (AvgIpc) is 2.95. The molecule has 0 unspecified atom stereocenters. The zero-order chi connectivity index (χ0) is 18.9. The quantitative estimate of drug-likeness (QED) is 0.691. The Hall–Kier alpha value is -2.75. The largest absolute Gasteiger partial charge is 0.380 e. The van der Waals surface area contributed by atoms with Gasteiger partial charge in [0.25, 0.3) is 0 Å². The lowest BCUT2D eigenvalue weighted by molar-refractivity contribution is -0.136. The Morgan fingerprint density at radius 3 is 2.85 bits per heavy atom. The number of fused-ring (bicyclic) bond motifs is 1. The molecular weight excluding hydrogens is 357 g/mol. The SMILES string of the molecule is [C-]#[N+]c1ccc(CC(=O)[C@@](C)(O)Cn2cc3cc(F)ccc3n2)cc1Cl. The number of aliphatic hydroxyl groups is 1. The van der Waals surface area contributed by atoms with Crippen LogP contribution in [0.5, 0.6) is 0 Å². The average molecular weight is 372 g/mol. The highest BCUT2D eigenvalue weighted by molar-refractivity contribution is 6.33. The lowest BCUT2D eigenvalue weighted by Crippen LogP contribution is -2.40. The number of Topliss-reactive ketones (excluding diaryl/α,β-unsaturated/α-hetero) is 1. The van der Waals surface area contributed by atoms with Gasteiger partial charge in [-0.05, 0) is 30.7 Å². The Bertz CT molecular complexity index is 1040. The Labute approximate surface area is 154 Å².